The zero-order valence-electron chi connectivity index (χ0n) is 8.48. The molecule has 1 saturated heterocycles. The molecule has 2 rings (SSSR count). The Morgan fingerprint density at radius 1 is 1.40 bits per heavy atom. The van der Waals surface area contributed by atoms with E-state index < -0.39 is 11.6 Å². The molecular weight excluding hydrogens is 192 g/mol. The molecule has 1 aromatic carbocycles. The summed E-state index contributed by atoms with van der Waals surface area (Å²) in [6.45, 7) is 0.372. The summed E-state index contributed by atoms with van der Waals surface area (Å²) in [5.41, 5.74) is 0.396. The molecule has 1 aliphatic rings. The zero-order chi connectivity index (χ0) is 10.7. The fourth-order valence-corrected chi connectivity index (χ4v) is 1.68. The molecule has 0 aliphatic carbocycles. The molecule has 0 bridgehead atoms. The van der Waals surface area contributed by atoms with Crippen LogP contribution in [0.15, 0.2) is 30.3 Å². The van der Waals surface area contributed by atoms with E-state index in [1.165, 1.54) is 5.56 Å². The summed E-state index contributed by atoms with van der Waals surface area (Å²) in [6.07, 6.45) is 2.38. The minimum Gasteiger partial charge on any atom is -0.479 e. The molecule has 1 atom stereocenters. The number of aliphatic carboxylic acids is 1. The summed E-state index contributed by atoms with van der Waals surface area (Å²) >= 11 is 0. The van der Waals surface area contributed by atoms with Gasteiger partial charge in [-0.25, -0.2) is 4.79 Å². The van der Waals surface area contributed by atoms with Gasteiger partial charge in [-0.3, -0.25) is 0 Å². The smallest absolute Gasteiger partial charge is 0.338 e. The van der Waals surface area contributed by atoms with Crippen molar-refractivity contribution in [2.75, 3.05) is 6.61 Å². The van der Waals surface area contributed by atoms with E-state index in [9.17, 15) is 4.79 Å². The van der Waals surface area contributed by atoms with E-state index in [1.807, 2.05) is 18.2 Å². The third-order valence-electron chi connectivity index (χ3n) is 2.77. The topological polar surface area (TPSA) is 49.8 Å². The van der Waals surface area contributed by atoms with Gasteiger partial charge in [-0.1, -0.05) is 30.3 Å². The van der Waals surface area contributed by atoms with E-state index in [0.29, 0.717) is 13.0 Å². The summed E-state index contributed by atoms with van der Waals surface area (Å²) < 4.78 is 5.00. The van der Waals surface area contributed by atoms with E-state index in [2.05, 4.69) is 12.1 Å². The lowest BCUT2D eigenvalue weighted by Gasteiger charge is -2.05. The molecule has 0 aromatic heterocycles. The van der Waals surface area contributed by atoms with Crippen LogP contribution in [0.1, 0.15) is 18.4 Å². The monoisotopic (exact) mass is 206 g/mol. The molecule has 0 spiro atoms. The number of carboxylic acid groups (broad SMARTS) is 1. The highest BCUT2D eigenvalue weighted by molar-refractivity contribution is 5.80. The summed E-state index contributed by atoms with van der Waals surface area (Å²) in [7, 11) is 0. The minimum absolute atomic E-state index is 0.372. The van der Waals surface area contributed by atoms with Crippen LogP contribution in [0.25, 0.3) is 0 Å². The Balaban J connectivity index is 1.79. The molecule has 3 heteroatoms. The van der Waals surface area contributed by atoms with Gasteiger partial charge in [-0.15, -0.1) is 0 Å². The van der Waals surface area contributed by atoms with Gasteiger partial charge in [0.1, 0.15) is 0 Å². The lowest BCUT2D eigenvalue weighted by molar-refractivity contribution is -0.143. The molecule has 1 aromatic rings. The average molecular weight is 206 g/mol. The Bertz CT molecular complexity index is 341. The number of carbonyl (C=O) groups is 1. The molecule has 3 nitrogen and oxygen atoms in total. The highest BCUT2D eigenvalue weighted by Gasteiger charge is 2.51. The van der Waals surface area contributed by atoms with Gasteiger partial charge in [0.15, 0.2) is 5.60 Å². The summed E-state index contributed by atoms with van der Waals surface area (Å²) in [5.74, 6) is -0.824. The van der Waals surface area contributed by atoms with Gasteiger partial charge in [0, 0.05) is 0 Å². The van der Waals surface area contributed by atoms with Crippen molar-refractivity contribution in [2.45, 2.75) is 24.9 Å². The van der Waals surface area contributed by atoms with Crippen LogP contribution in [0.2, 0.25) is 0 Å². The van der Waals surface area contributed by atoms with Crippen LogP contribution in [0, 0.1) is 0 Å². The van der Waals surface area contributed by atoms with Gasteiger partial charge in [0.05, 0.1) is 6.61 Å². The van der Waals surface area contributed by atoms with Gasteiger partial charge < -0.3 is 9.84 Å². The summed E-state index contributed by atoms with van der Waals surface area (Å²) in [5, 5.41) is 8.88. The number of ether oxygens (including phenoxy) is 1. The van der Waals surface area contributed by atoms with Crippen molar-refractivity contribution in [1.29, 1.82) is 0 Å². The van der Waals surface area contributed by atoms with Crippen molar-refractivity contribution in [3.05, 3.63) is 35.9 Å². The lowest BCUT2D eigenvalue weighted by atomic mass is 10.0. The van der Waals surface area contributed by atoms with E-state index in [1.54, 1.807) is 0 Å². The van der Waals surface area contributed by atoms with Gasteiger partial charge in [-0.2, -0.15) is 0 Å². The quantitative estimate of drug-likeness (QED) is 0.748. The highest BCUT2D eigenvalue weighted by Crippen LogP contribution is 2.32. The third kappa shape index (κ3) is 2.36. The molecule has 0 amide bonds. The Morgan fingerprint density at radius 2 is 2.07 bits per heavy atom. The molecule has 0 saturated carbocycles. The molecule has 1 heterocycles. The van der Waals surface area contributed by atoms with Gasteiger partial charge in [0.2, 0.25) is 0 Å². The molecule has 1 aliphatic heterocycles. The molecular formula is C12H14O3. The van der Waals surface area contributed by atoms with E-state index in [0.717, 1.165) is 12.8 Å². The first-order valence-corrected chi connectivity index (χ1v) is 5.14. The van der Waals surface area contributed by atoms with Crippen LogP contribution in [0.3, 0.4) is 0 Å². The second kappa shape index (κ2) is 4.03. The lowest BCUT2D eigenvalue weighted by Crippen LogP contribution is -2.23. The highest BCUT2D eigenvalue weighted by atomic mass is 16.6. The van der Waals surface area contributed by atoms with Crippen molar-refractivity contribution in [2.24, 2.45) is 0 Å². The number of hydrogen-bond acceptors (Lipinski definition) is 2. The normalized spacial score (nSPS) is 23.7. The Labute approximate surface area is 88.7 Å². The SMILES string of the molecule is O=C(O)C1(CCCc2ccccc2)CO1. The number of epoxide rings is 1. The Morgan fingerprint density at radius 3 is 2.60 bits per heavy atom. The Kier molecular flexibility index (Phi) is 2.73. The first-order chi connectivity index (χ1) is 7.23. The molecule has 1 fully saturated rings. The van der Waals surface area contributed by atoms with Crippen LogP contribution in [-0.2, 0) is 16.0 Å². The third-order valence-corrected chi connectivity index (χ3v) is 2.77. The standard InChI is InChI=1S/C12H14O3/c13-11(14)12(9-15-12)8-4-7-10-5-2-1-3-6-10/h1-3,5-6H,4,7-9H2,(H,13,14). The van der Waals surface area contributed by atoms with Crippen LogP contribution in [0.5, 0.6) is 0 Å². The van der Waals surface area contributed by atoms with Gasteiger partial charge >= 0.3 is 5.97 Å². The summed E-state index contributed by atoms with van der Waals surface area (Å²) in [4.78, 5) is 10.8. The predicted molar refractivity (Wildman–Crippen MR) is 55.7 cm³/mol. The minimum atomic E-state index is -0.852. The average Bonchev–Trinajstić information content (AvgIpc) is 3.01. The van der Waals surface area contributed by atoms with Crippen LogP contribution in [0.4, 0.5) is 0 Å². The number of carboxylic acids is 1. The first-order valence-electron chi connectivity index (χ1n) is 5.14. The largest absolute Gasteiger partial charge is 0.479 e. The van der Waals surface area contributed by atoms with Gasteiger partial charge in [-0.05, 0) is 24.8 Å². The van der Waals surface area contributed by atoms with E-state index >= 15 is 0 Å². The van der Waals surface area contributed by atoms with E-state index in [-0.39, 0.29) is 0 Å². The van der Waals surface area contributed by atoms with Crippen LogP contribution in [-0.4, -0.2) is 23.3 Å². The van der Waals surface area contributed by atoms with Crippen molar-refractivity contribution < 1.29 is 14.6 Å². The molecule has 0 radical (unpaired) electrons. The number of benzene rings is 1. The Hall–Kier alpha value is -1.35. The van der Waals surface area contributed by atoms with Crippen molar-refractivity contribution >= 4 is 5.97 Å². The first kappa shape index (κ1) is 10.2. The second-order valence-electron chi connectivity index (χ2n) is 3.93. The predicted octanol–water partition coefficient (Wildman–Crippen LogP) is 1.86. The molecule has 80 valence electrons. The second-order valence-corrected chi connectivity index (χ2v) is 3.93. The van der Waals surface area contributed by atoms with Crippen molar-refractivity contribution in [3.8, 4) is 0 Å². The maximum Gasteiger partial charge on any atom is 0.338 e. The van der Waals surface area contributed by atoms with Gasteiger partial charge in [0.25, 0.3) is 0 Å². The van der Waals surface area contributed by atoms with Crippen molar-refractivity contribution in [3.63, 3.8) is 0 Å². The number of rotatable bonds is 5. The fourth-order valence-electron chi connectivity index (χ4n) is 1.68. The maximum absolute atomic E-state index is 10.8. The maximum atomic E-state index is 10.8. The van der Waals surface area contributed by atoms with Crippen LogP contribution >= 0.6 is 0 Å². The number of aryl methyl sites for hydroxylation is 1. The molecule has 15 heavy (non-hydrogen) atoms. The number of hydrogen-bond donors (Lipinski definition) is 1. The van der Waals surface area contributed by atoms with Crippen LogP contribution < -0.4 is 0 Å². The fraction of sp³-hybridized carbons (Fsp3) is 0.417. The zero-order valence-corrected chi connectivity index (χ0v) is 8.48. The molecule has 1 unspecified atom stereocenters. The van der Waals surface area contributed by atoms with Crippen molar-refractivity contribution in [1.82, 2.24) is 0 Å². The summed E-state index contributed by atoms with van der Waals surface area (Å²) in [6, 6.07) is 10.1. The van der Waals surface area contributed by atoms with E-state index in [4.69, 9.17) is 9.84 Å². The molecule has 1 N–H and O–H groups in total.